The molecule has 0 aromatic carbocycles. The van der Waals surface area contributed by atoms with E-state index >= 15 is 0 Å². The van der Waals surface area contributed by atoms with Gasteiger partial charge in [-0.3, -0.25) is 4.79 Å². The number of halogens is 2. The highest BCUT2D eigenvalue weighted by molar-refractivity contribution is 6.32. The smallest absolute Gasteiger partial charge is 0.349 e. The third-order valence-electron chi connectivity index (χ3n) is 1.60. The number of hydrogen-bond acceptors (Lipinski definition) is 4. The van der Waals surface area contributed by atoms with Crippen molar-refractivity contribution in [2.24, 2.45) is 0 Å². The first kappa shape index (κ1) is 12.7. The molecule has 0 spiro atoms. The van der Waals surface area contributed by atoms with Crippen LogP contribution in [-0.4, -0.2) is 22.0 Å². The van der Waals surface area contributed by atoms with Crippen molar-refractivity contribution in [3.63, 3.8) is 0 Å². The first-order valence-corrected chi connectivity index (χ1v) is 4.88. The third kappa shape index (κ3) is 3.36. The molecule has 7 heteroatoms. The molecule has 0 aliphatic rings. The molecule has 1 N–H and O–H groups in total. The van der Waals surface area contributed by atoms with Gasteiger partial charge in [0.15, 0.2) is 0 Å². The fourth-order valence-electron chi connectivity index (χ4n) is 1.06. The summed E-state index contributed by atoms with van der Waals surface area (Å²) in [5.41, 5.74) is 0.160. The van der Waals surface area contributed by atoms with Crippen molar-refractivity contribution in [1.82, 2.24) is 4.98 Å². The Morgan fingerprint density at radius 2 is 1.88 bits per heavy atom. The van der Waals surface area contributed by atoms with E-state index in [1.165, 1.54) is 12.1 Å². The van der Waals surface area contributed by atoms with Crippen LogP contribution in [0.15, 0.2) is 12.1 Å². The van der Waals surface area contributed by atoms with Crippen molar-refractivity contribution >= 4 is 35.1 Å². The molecule has 0 radical (unpaired) electrons. The molecule has 1 unspecified atom stereocenters. The Hall–Kier alpha value is -1.33. The second-order valence-corrected chi connectivity index (χ2v) is 3.65. The zero-order valence-electron chi connectivity index (χ0n) is 8.11. The Balaban J connectivity index is 3.10. The number of nitrogens with zero attached hydrogens (tertiary/aromatic N) is 1. The Bertz CT molecular complexity index is 415. The quantitative estimate of drug-likeness (QED) is 0.668. The van der Waals surface area contributed by atoms with Crippen LogP contribution < -0.4 is 0 Å². The van der Waals surface area contributed by atoms with Crippen molar-refractivity contribution in [1.29, 1.82) is 0 Å². The van der Waals surface area contributed by atoms with E-state index in [0.29, 0.717) is 0 Å². The number of carbonyl (C=O) groups excluding carboxylic acids is 1. The van der Waals surface area contributed by atoms with Crippen molar-refractivity contribution < 1.29 is 19.4 Å². The highest BCUT2D eigenvalue weighted by atomic mass is 35.5. The summed E-state index contributed by atoms with van der Waals surface area (Å²) in [6, 6.07) is 2.55. The first-order valence-electron chi connectivity index (χ1n) is 4.13. The number of hydrogen-bond donors (Lipinski definition) is 1. The average Bonchev–Trinajstić information content (AvgIpc) is 2.11. The third-order valence-corrected chi connectivity index (χ3v) is 1.98. The number of carboxylic acid groups (broad SMARTS) is 1. The van der Waals surface area contributed by atoms with Crippen molar-refractivity contribution in [2.45, 2.75) is 13.0 Å². The van der Waals surface area contributed by atoms with Gasteiger partial charge in [0.25, 0.3) is 0 Å². The molecule has 0 amide bonds. The average molecular weight is 264 g/mol. The predicted octanol–water partition coefficient (Wildman–Crippen LogP) is 2.08. The maximum atomic E-state index is 10.9. The van der Waals surface area contributed by atoms with E-state index in [2.05, 4.69) is 9.72 Å². The number of ether oxygens (including phenoxy) is 1. The van der Waals surface area contributed by atoms with Crippen LogP contribution in [0, 0.1) is 0 Å². The summed E-state index contributed by atoms with van der Waals surface area (Å²) in [4.78, 5) is 25.3. The Labute approximate surface area is 101 Å². The minimum atomic E-state index is -1.43. The van der Waals surface area contributed by atoms with Crippen LogP contribution in [0.5, 0.6) is 0 Å². The molecule has 1 atom stereocenters. The molecule has 1 aromatic heterocycles. The van der Waals surface area contributed by atoms with Gasteiger partial charge in [0, 0.05) is 12.5 Å². The fraction of sp³-hybridized carbons (Fsp3) is 0.222. The van der Waals surface area contributed by atoms with Crippen LogP contribution in [0.25, 0.3) is 0 Å². The fourth-order valence-corrected chi connectivity index (χ4v) is 1.54. The summed E-state index contributed by atoms with van der Waals surface area (Å²) in [7, 11) is 0. The molecule has 0 aliphatic carbocycles. The van der Waals surface area contributed by atoms with Gasteiger partial charge >= 0.3 is 11.9 Å². The molecular weight excluding hydrogens is 257 g/mol. The van der Waals surface area contributed by atoms with Gasteiger partial charge in [-0.2, -0.15) is 0 Å². The molecule has 1 heterocycles. The molecule has 0 saturated carbocycles. The second-order valence-electron chi connectivity index (χ2n) is 2.87. The molecule has 0 aliphatic heterocycles. The van der Waals surface area contributed by atoms with Crippen LogP contribution in [0.2, 0.25) is 10.3 Å². The maximum Gasteiger partial charge on any atom is 0.349 e. The predicted molar refractivity (Wildman–Crippen MR) is 56.4 cm³/mol. The van der Waals surface area contributed by atoms with Gasteiger partial charge in [-0.15, -0.1) is 0 Å². The normalized spacial score (nSPS) is 11.9. The Kier molecular flexibility index (Phi) is 4.09. The van der Waals surface area contributed by atoms with E-state index in [9.17, 15) is 9.59 Å². The van der Waals surface area contributed by atoms with Gasteiger partial charge in [0.05, 0.1) is 0 Å². The van der Waals surface area contributed by atoms with Gasteiger partial charge in [-0.1, -0.05) is 23.2 Å². The molecule has 16 heavy (non-hydrogen) atoms. The first-order chi connectivity index (χ1) is 7.40. The zero-order chi connectivity index (χ0) is 12.3. The van der Waals surface area contributed by atoms with E-state index < -0.39 is 18.0 Å². The lowest BCUT2D eigenvalue weighted by molar-refractivity contribution is -0.163. The molecule has 86 valence electrons. The summed E-state index contributed by atoms with van der Waals surface area (Å²) in [6.45, 7) is 1.11. The van der Waals surface area contributed by atoms with Gasteiger partial charge in [-0.05, 0) is 12.1 Å². The lowest BCUT2D eigenvalue weighted by Gasteiger charge is -2.12. The molecule has 1 aromatic rings. The maximum absolute atomic E-state index is 10.9. The van der Waals surface area contributed by atoms with Crippen molar-refractivity contribution in [3.05, 3.63) is 28.0 Å². The molecule has 0 bridgehead atoms. The summed E-state index contributed by atoms with van der Waals surface area (Å²) in [5.74, 6) is -2.02. The molecule has 0 saturated heterocycles. The van der Waals surface area contributed by atoms with E-state index in [0.717, 1.165) is 6.92 Å². The van der Waals surface area contributed by atoms with Crippen molar-refractivity contribution in [3.8, 4) is 0 Å². The van der Waals surface area contributed by atoms with Crippen LogP contribution >= 0.6 is 23.2 Å². The summed E-state index contributed by atoms with van der Waals surface area (Å²) in [6.07, 6.45) is -1.43. The molecule has 0 fully saturated rings. The molecule has 5 nitrogen and oxygen atoms in total. The lowest BCUT2D eigenvalue weighted by Crippen LogP contribution is -2.18. The van der Waals surface area contributed by atoms with Crippen LogP contribution in [0.4, 0.5) is 0 Å². The minimum absolute atomic E-state index is 0.0286. The topological polar surface area (TPSA) is 76.5 Å². The van der Waals surface area contributed by atoms with E-state index in [1.54, 1.807) is 0 Å². The number of esters is 1. The highest BCUT2D eigenvalue weighted by Gasteiger charge is 2.24. The zero-order valence-corrected chi connectivity index (χ0v) is 9.62. The van der Waals surface area contributed by atoms with Crippen molar-refractivity contribution in [2.75, 3.05) is 0 Å². The largest absolute Gasteiger partial charge is 0.478 e. The lowest BCUT2D eigenvalue weighted by atomic mass is 10.1. The number of aromatic nitrogens is 1. The monoisotopic (exact) mass is 263 g/mol. The van der Waals surface area contributed by atoms with E-state index in [4.69, 9.17) is 28.3 Å². The molecule has 1 rings (SSSR count). The minimum Gasteiger partial charge on any atom is -0.478 e. The van der Waals surface area contributed by atoms with E-state index in [-0.39, 0.29) is 15.9 Å². The van der Waals surface area contributed by atoms with Gasteiger partial charge < -0.3 is 9.84 Å². The number of aliphatic carboxylic acids is 1. The van der Waals surface area contributed by atoms with Crippen LogP contribution in [0.1, 0.15) is 18.6 Å². The van der Waals surface area contributed by atoms with Crippen LogP contribution in [-0.2, 0) is 14.3 Å². The van der Waals surface area contributed by atoms with Gasteiger partial charge in [0.2, 0.25) is 6.10 Å². The molecular formula is C9H7Cl2NO4. The summed E-state index contributed by atoms with van der Waals surface area (Å²) in [5, 5.41) is 8.93. The van der Waals surface area contributed by atoms with Gasteiger partial charge in [-0.25, -0.2) is 9.78 Å². The number of pyridine rings is 1. The Morgan fingerprint density at radius 3 is 2.25 bits per heavy atom. The second kappa shape index (κ2) is 5.14. The number of rotatable bonds is 3. The number of carbonyl (C=O) groups is 2. The Morgan fingerprint density at radius 1 is 1.38 bits per heavy atom. The summed E-state index contributed by atoms with van der Waals surface area (Å²) >= 11 is 11.2. The highest BCUT2D eigenvalue weighted by Crippen LogP contribution is 2.23. The standard InChI is InChI=1S/C9H7Cl2NO4/c1-4(13)16-8(9(14)15)5-2-6(10)12-7(11)3-5/h2-3,8H,1H3,(H,14,15). The van der Waals surface area contributed by atoms with Crippen LogP contribution in [0.3, 0.4) is 0 Å². The van der Waals surface area contributed by atoms with Gasteiger partial charge in [0.1, 0.15) is 10.3 Å². The SMILES string of the molecule is CC(=O)OC(C(=O)O)c1cc(Cl)nc(Cl)c1. The number of carboxylic acids is 1. The van der Waals surface area contributed by atoms with E-state index in [1.807, 2.05) is 0 Å². The summed E-state index contributed by atoms with van der Waals surface area (Å²) < 4.78 is 4.62.